The van der Waals surface area contributed by atoms with E-state index in [4.69, 9.17) is 17.5 Å². The molecule has 1 aromatic rings. The minimum Gasteiger partial charge on any atom is -0.264 e. The van der Waals surface area contributed by atoms with E-state index in [1.807, 2.05) is 0 Å². The Morgan fingerprint density at radius 3 is 2.20 bits per heavy atom. The van der Waals surface area contributed by atoms with Gasteiger partial charge in [-0.3, -0.25) is 9.11 Å². The summed E-state index contributed by atoms with van der Waals surface area (Å²) in [5.41, 5.74) is 2.89. The van der Waals surface area contributed by atoms with Crippen LogP contribution < -0.4 is 0 Å². The zero-order valence-electron chi connectivity index (χ0n) is 7.58. The molecule has 0 atom stereocenters. The van der Waals surface area contributed by atoms with Crippen LogP contribution in [0.1, 0.15) is 0 Å². The Labute approximate surface area is 86.7 Å². The molecule has 15 heavy (non-hydrogen) atoms. The normalized spacial score (nSPS) is 11.9. The lowest BCUT2D eigenvalue weighted by Gasteiger charge is -1.85. The van der Waals surface area contributed by atoms with Crippen molar-refractivity contribution in [2.75, 3.05) is 0 Å². The standard InChI is InChI=1S/C10H6.H2O4S/c1-2-4-9-7(3-1)5-8-6-10(8)9;1-5(2,3)4/h1-6H;(H2,1,2,3,4). The quantitative estimate of drug-likeness (QED) is 0.574. The number of hydrogen-bond acceptors (Lipinski definition) is 2. The fraction of sp³-hybridized carbons (Fsp3) is 0. The van der Waals surface area contributed by atoms with Gasteiger partial charge >= 0.3 is 10.4 Å². The Morgan fingerprint density at radius 2 is 1.60 bits per heavy atom. The highest BCUT2D eigenvalue weighted by Crippen LogP contribution is 2.42. The van der Waals surface area contributed by atoms with E-state index < -0.39 is 10.4 Å². The van der Waals surface area contributed by atoms with Crippen molar-refractivity contribution in [3.05, 3.63) is 36.4 Å². The number of benzene rings is 2. The lowest BCUT2D eigenvalue weighted by molar-refractivity contribution is 0.381. The largest absolute Gasteiger partial charge is 0.394 e. The van der Waals surface area contributed by atoms with Crippen molar-refractivity contribution >= 4 is 21.2 Å². The second kappa shape index (κ2) is 3.30. The van der Waals surface area contributed by atoms with Crippen LogP contribution in [0, 0.1) is 0 Å². The first-order valence-electron chi connectivity index (χ1n) is 4.18. The topological polar surface area (TPSA) is 74.6 Å². The molecule has 5 heteroatoms. The summed E-state index contributed by atoms with van der Waals surface area (Å²) >= 11 is 0. The Balaban J connectivity index is 0.000000149. The van der Waals surface area contributed by atoms with E-state index in [2.05, 4.69) is 36.4 Å². The van der Waals surface area contributed by atoms with Gasteiger partial charge in [0.1, 0.15) is 0 Å². The zero-order valence-corrected chi connectivity index (χ0v) is 8.40. The SMILES string of the molecule is O=S(=O)(O)O.c1ccc2c3cc-3cc2c1. The van der Waals surface area contributed by atoms with Crippen molar-refractivity contribution < 1.29 is 17.5 Å². The molecular formula is C10H8O4S. The predicted octanol–water partition coefficient (Wildman–Crippen LogP) is 2.17. The van der Waals surface area contributed by atoms with Crippen LogP contribution in [0.3, 0.4) is 0 Å². The van der Waals surface area contributed by atoms with Crippen LogP contribution in [-0.4, -0.2) is 17.5 Å². The smallest absolute Gasteiger partial charge is 0.264 e. The monoisotopic (exact) mass is 224 g/mol. The van der Waals surface area contributed by atoms with Gasteiger partial charge in [0.05, 0.1) is 0 Å². The van der Waals surface area contributed by atoms with E-state index in [0.29, 0.717) is 0 Å². The summed E-state index contributed by atoms with van der Waals surface area (Å²) in [6.07, 6.45) is 0. The van der Waals surface area contributed by atoms with Crippen LogP contribution >= 0.6 is 0 Å². The summed E-state index contributed by atoms with van der Waals surface area (Å²) in [4.78, 5) is 0. The minimum atomic E-state index is -4.67. The molecule has 0 saturated heterocycles. The van der Waals surface area contributed by atoms with E-state index in [9.17, 15) is 0 Å². The summed E-state index contributed by atoms with van der Waals surface area (Å²) in [6.45, 7) is 0. The number of hydrogen-bond donors (Lipinski definition) is 2. The molecule has 0 spiro atoms. The number of fused-ring (bicyclic) bond motifs is 3. The maximum atomic E-state index is 8.74. The molecule has 0 heterocycles. The molecule has 0 aromatic heterocycles. The lowest BCUT2D eigenvalue weighted by atomic mass is 10.2. The maximum absolute atomic E-state index is 8.74. The fourth-order valence-electron chi connectivity index (χ4n) is 1.51. The molecule has 3 rings (SSSR count). The summed E-state index contributed by atoms with van der Waals surface area (Å²) < 4.78 is 31.6. The average Bonchev–Trinajstić information content (AvgIpc) is 2.76. The summed E-state index contributed by atoms with van der Waals surface area (Å²) in [5, 5.41) is 2.80. The van der Waals surface area contributed by atoms with E-state index in [0.717, 1.165) is 0 Å². The van der Waals surface area contributed by atoms with Gasteiger partial charge < -0.3 is 0 Å². The Bertz CT molecular complexity index is 608. The fourth-order valence-corrected chi connectivity index (χ4v) is 1.51. The molecule has 0 radical (unpaired) electrons. The second-order valence-corrected chi connectivity index (χ2v) is 4.09. The molecule has 1 aromatic carbocycles. The van der Waals surface area contributed by atoms with Crippen molar-refractivity contribution in [2.45, 2.75) is 0 Å². The second-order valence-electron chi connectivity index (χ2n) is 3.19. The third kappa shape index (κ3) is 2.53. The average molecular weight is 224 g/mol. The Kier molecular flexibility index (Phi) is 2.22. The highest BCUT2D eigenvalue weighted by atomic mass is 32.3. The minimum absolute atomic E-state index is 1.38. The van der Waals surface area contributed by atoms with Gasteiger partial charge in [0.15, 0.2) is 0 Å². The van der Waals surface area contributed by atoms with Crippen LogP contribution in [0.25, 0.3) is 21.9 Å². The van der Waals surface area contributed by atoms with E-state index in [1.54, 1.807) is 0 Å². The summed E-state index contributed by atoms with van der Waals surface area (Å²) in [5.74, 6) is 0. The molecule has 0 saturated carbocycles. The van der Waals surface area contributed by atoms with Gasteiger partial charge in [-0.2, -0.15) is 8.42 Å². The highest BCUT2D eigenvalue weighted by molar-refractivity contribution is 7.79. The van der Waals surface area contributed by atoms with Crippen molar-refractivity contribution in [3.8, 4) is 11.1 Å². The lowest BCUT2D eigenvalue weighted by Crippen LogP contribution is -1.89. The first kappa shape index (κ1) is 10.1. The molecule has 0 aliphatic heterocycles. The van der Waals surface area contributed by atoms with Crippen LogP contribution in [0.15, 0.2) is 36.4 Å². The third-order valence-corrected chi connectivity index (χ3v) is 2.09. The molecule has 0 fully saturated rings. The van der Waals surface area contributed by atoms with E-state index >= 15 is 0 Å². The van der Waals surface area contributed by atoms with Crippen molar-refractivity contribution in [1.82, 2.24) is 0 Å². The van der Waals surface area contributed by atoms with Crippen molar-refractivity contribution in [3.63, 3.8) is 0 Å². The predicted molar refractivity (Wildman–Crippen MR) is 57.1 cm³/mol. The van der Waals surface area contributed by atoms with Crippen LogP contribution in [0.2, 0.25) is 0 Å². The van der Waals surface area contributed by atoms with Crippen LogP contribution in [0.4, 0.5) is 0 Å². The molecule has 0 amide bonds. The zero-order chi connectivity index (χ0) is 11.1. The van der Waals surface area contributed by atoms with Crippen molar-refractivity contribution in [2.24, 2.45) is 0 Å². The highest BCUT2D eigenvalue weighted by Gasteiger charge is 2.15. The molecule has 0 bridgehead atoms. The van der Waals surface area contributed by atoms with Crippen molar-refractivity contribution in [1.29, 1.82) is 0 Å². The molecule has 4 nitrogen and oxygen atoms in total. The van der Waals surface area contributed by atoms with Crippen LogP contribution in [0.5, 0.6) is 0 Å². The van der Waals surface area contributed by atoms with Crippen LogP contribution in [-0.2, 0) is 10.4 Å². The molecular weight excluding hydrogens is 216 g/mol. The summed E-state index contributed by atoms with van der Waals surface area (Å²) in [6, 6.07) is 13.0. The van der Waals surface area contributed by atoms with Gasteiger partial charge in [0.25, 0.3) is 0 Å². The first-order chi connectivity index (χ1) is 6.95. The van der Waals surface area contributed by atoms with Gasteiger partial charge in [-0.25, -0.2) is 0 Å². The van der Waals surface area contributed by atoms with Gasteiger partial charge in [0.2, 0.25) is 0 Å². The first-order valence-corrected chi connectivity index (χ1v) is 5.58. The maximum Gasteiger partial charge on any atom is 0.394 e. The van der Waals surface area contributed by atoms with Gasteiger partial charge in [0, 0.05) is 0 Å². The molecule has 2 aliphatic rings. The van der Waals surface area contributed by atoms with Gasteiger partial charge in [-0.15, -0.1) is 0 Å². The Morgan fingerprint density at radius 1 is 1.00 bits per heavy atom. The molecule has 2 N–H and O–H groups in total. The van der Waals surface area contributed by atoms with E-state index in [1.165, 1.54) is 21.9 Å². The van der Waals surface area contributed by atoms with Gasteiger partial charge in [-0.1, -0.05) is 24.3 Å². The Hall–Kier alpha value is -1.43. The molecule has 2 aliphatic carbocycles. The van der Waals surface area contributed by atoms with Gasteiger partial charge in [-0.05, 0) is 34.0 Å². The van der Waals surface area contributed by atoms with E-state index in [-0.39, 0.29) is 0 Å². The summed E-state index contributed by atoms with van der Waals surface area (Å²) in [7, 11) is -4.67. The third-order valence-electron chi connectivity index (χ3n) is 2.09. The molecule has 0 unspecified atom stereocenters. The molecule has 78 valence electrons. The number of rotatable bonds is 0.